The fourth-order valence-electron chi connectivity index (χ4n) is 3.11. The van der Waals surface area contributed by atoms with Crippen LogP contribution in [0.2, 0.25) is 10.0 Å². The van der Waals surface area contributed by atoms with Crippen molar-refractivity contribution in [3.05, 3.63) is 63.4 Å². The van der Waals surface area contributed by atoms with Gasteiger partial charge in [0, 0.05) is 26.9 Å². The van der Waals surface area contributed by atoms with Crippen LogP contribution >= 0.6 is 23.2 Å². The Balaban J connectivity index is 1.71. The molecule has 0 saturated heterocycles. The van der Waals surface area contributed by atoms with E-state index in [1.54, 1.807) is 36.4 Å². The average molecular weight is 399 g/mol. The van der Waals surface area contributed by atoms with Crippen molar-refractivity contribution in [2.24, 2.45) is 0 Å². The van der Waals surface area contributed by atoms with Crippen LogP contribution in [0.15, 0.2) is 40.9 Å². The van der Waals surface area contributed by atoms with Gasteiger partial charge in [0.15, 0.2) is 5.82 Å². The van der Waals surface area contributed by atoms with Crippen LogP contribution in [-0.4, -0.2) is 16.6 Å². The average Bonchev–Trinajstić information content (AvgIpc) is 3.28. The highest BCUT2D eigenvalue weighted by Gasteiger charge is 2.52. The minimum Gasteiger partial charge on any atom is -0.334 e. The Morgan fingerprint density at radius 3 is 2.41 bits per heavy atom. The second kappa shape index (κ2) is 6.69. The first kappa shape index (κ1) is 17.5. The maximum Gasteiger partial charge on any atom is 0.257 e. The molecule has 2 aromatic carbocycles. The molecule has 0 unspecified atom stereocenters. The lowest BCUT2D eigenvalue weighted by molar-refractivity contribution is -0.105. The van der Waals surface area contributed by atoms with Gasteiger partial charge in [-0.05, 0) is 49.2 Å². The van der Waals surface area contributed by atoms with Gasteiger partial charge >= 0.3 is 0 Å². The lowest BCUT2D eigenvalue weighted by Crippen LogP contribution is -2.13. The molecule has 1 aliphatic carbocycles. The molecule has 0 aliphatic heterocycles. The molecular formula is C19H12Cl2N4O2. The zero-order valence-electron chi connectivity index (χ0n) is 13.9. The summed E-state index contributed by atoms with van der Waals surface area (Å²) in [5.41, 5.74) is 2.04. The lowest BCUT2D eigenvalue weighted by Gasteiger charge is -2.16. The molecule has 8 heteroatoms. The molecule has 27 heavy (non-hydrogen) atoms. The van der Waals surface area contributed by atoms with Gasteiger partial charge in [-0.1, -0.05) is 28.4 Å². The summed E-state index contributed by atoms with van der Waals surface area (Å²) < 4.78 is 5.43. The quantitative estimate of drug-likeness (QED) is 0.635. The molecule has 3 aromatic rings. The molecule has 1 N–H and O–H groups in total. The van der Waals surface area contributed by atoms with Gasteiger partial charge in [0.2, 0.25) is 6.41 Å². The molecule has 1 aliphatic rings. The lowest BCUT2D eigenvalue weighted by atomic mass is 9.94. The molecule has 1 aromatic heterocycles. The molecule has 0 bridgehead atoms. The van der Waals surface area contributed by atoms with Crippen LogP contribution in [0.5, 0.6) is 0 Å². The van der Waals surface area contributed by atoms with Crippen LogP contribution < -0.4 is 5.32 Å². The fourth-order valence-corrected chi connectivity index (χ4v) is 3.96. The van der Waals surface area contributed by atoms with Crippen LogP contribution in [0, 0.1) is 11.3 Å². The molecular weight excluding hydrogens is 387 g/mol. The summed E-state index contributed by atoms with van der Waals surface area (Å²) >= 11 is 12.9. The molecule has 1 saturated carbocycles. The van der Waals surface area contributed by atoms with Gasteiger partial charge in [-0.25, -0.2) is 0 Å². The van der Waals surface area contributed by atoms with Gasteiger partial charge in [0.25, 0.3) is 5.89 Å². The molecule has 0 radical (unpaired) electrons. The van der Waals surface area contributed by atoms with Gasteiger partial charge in [-0.15, -0.1) is 0 Å². The van der Waals surface area contributed by atoms with Crippen molar-refractivity contribution in [2.75, 3.05) is 5.32 Å². The predicted octanol–water partition coefficient (Wildman–Crippen LogP) is 4.56. The van der Waals surface area contributed by atoms with Crippen molar-refractivity contribution in [1.82, 2.24) is 10.1 Å². The first-order valence-electron chi connectivity index (χ1n) is 8.12. The number of nitrogens with one attached hydrogen (secondary N) is 1. The van der Waals surface area contributed by atoms with Crippen LogP contribution in [0.3, 0.4) is 0 Å². The highest BCUT2D eigenvalue weighted by Crippen LogP contribution is 2.56. The number of hydrogen-bond donors (Lipinski definition) is 1. The Bertz CT molecular complexity index is 1040. The van der Waals surface area contributed by atoms with Gasteiger partial charge in [0.1, 0.15) is 0 Å². The number of anilines is 1. The Labute approximate surface area is 164 Å². The number of hydrogen-bond acceptors (Lipinski definition) is 5. The minimum absolute atomic E-state index is 0.368. The van der Waals surface area contributed by atoms with Crippen molar-refractivity contribution in [3.63, 3.8) is 0 Å². The van der Waals surface area contributed by atoms with E-state index < -0.39 is 5.41 Å². The normalized spacial score (nSPS) is 14.4. The number of amides is 1. The summed E-state index contributed by atoms with van der Waals surface area (Å²) in [6, 6.07) is 12.3. The molecule has 1 fully saturated rings. The number of nitrogens with zero attached hydrogens (tertiary/aromatic N) is 3. The molecule has 1 heterocycles. The molecule has 6 nitrogen and oxygen atoms in total. The number of halogens is 2. The Hall–Kier alpha value is -2.88. The molecule has 0 spiro atoms. The largest absolute Gasteiger partial charge is 0.334 e. The number of rotatable bonds is 5. The Morgan fingerprint density at radius 2 is 1.85 bits per heavy atom. The second-order valence-corrected chi connectivity index (χ2v) is 7.09. The zero-order chi connectivity index (χ0) is 19.0. The van der Waals surface area contributed by atoms with Crippen molar-refractivity contribution in [3.8, 4) is 17.5 Å². The van der Waals surface area contributed by atoms with Crippen LogP contribution in [0.4, 0.5) is 5.69 Å². The number of aromatic nitrogens is 2. The maximum atomic E-state index is 10.6. The second-order valence-electron chi connectivity index (χ2n) is 6.27. The van der Waals surface area contributed by atoms with Gasteiger partial charge < -0.3 is 9.84 Å². The van der Waals surface area contributed by atoms with Gasteiger partial charge in [0.05, 0.1) is 17.0 Å². The fraction of sp³-hybridized carbons (Fsp3) is 0.158. The van der Waals surface area contributed by atoms with Gasteiger partial charge in [-0.2, -0.15) is 10.2 Å². The third-order valence-corrected chi connectivity index (χ3v) is 5.21. The van der Waals surface area contributed by atoms with Crippen LogP contribution in [-0.2, 0) is 10.2 Å². The number of benzene rings is 2. The van der Waals surface area contributed by atoms with Crippen LogP contribution in [0.1, 0.15) is 29.8 Å². The van der Waals surface area contributed by atoms with E-state index in [4.69, 9.17) is 33.0 Å². The zero-order valence-corrected chi connectivity index (χ0v) is 15.4. The molecule has 4 rings (SSSR count). The number of nitriles is 1. The third kappa shape index (κ3) is 3.05. The standard InChI is InChI=1S/C19H12Cl2N4O2/c20-14-7-13(23-10-26)8-15(21)16(14)19(5-6-19)18-24-17(27-25-18)12-3-1-11(9-22)2-4-12/h1-4,7-8,10H,5-6H2,(H,23,26). The van der Waals surface area contributed by atoms with E-state index in [-0.39, 0.29) is 0 Å². The monoisotopic (exact) mass is 398 g/mol. The highest BCUT2D eigenvalue weighted by atomic mass is 35.5. The van der Waals surface area contributed by atoms with E-state index in [1.165, 1.54) is 0 Å². The van der Waals surface area contributed by atoms with E-state index in [0.29, 0.717) is 39.4 Å². The Kier molecular flexibility index (Phi) is 4.34. The van der Waals surface area contributed by atoms with E-state index in [0.717, 1.165) is 24.0 Å². The predicted molar refractivity (Wildman–Crippen MR) is 101 cm³/mol. The van der Waals surface area contributed by atoms with E-state index in [9.17, 15) is 4.79 Å². The molecule has 134 valence electrons. The first-order chi connectivity index (χ1) is 13.1. The summed E-state index contributed by atoms with van der Waals surface area (Å²) in [5, 5.41) is 16.5. The summed E-state index contributed by atoms with van der Waals surface area (Å²) in [7, 11) is 0. The van der Waals surface area contributed by atoms with E-state index in [2.05, 4.69) is 21.5 Å². The summed E-state index contributed by atoms with van der Waals surface area (Å²) in [4.78, 5) is 15.2. The minimum atomic E-state index is -0.498. The van der Waals surface area contributed by atoms with Crippen molar-refractivity contribution in [2.45, 2.75) is 18.3 Å². The third-order valence-electron chi connectivity index (χ3n) is 4.61. The van der Waals surface area contributed by atoms with E-state index in [1.807, 2.05) is 0 Å². The molecule has 0 atom stereocenters. The summed E-state index contributed by atoms with van der Waals surface area (Å²) in [6.07, 6.45) is 2.15. The topological polar surface area (TPSA) is 91.8 Å². The number of carbonyl (C=O) groups excluding carboxylic acids is 1. The van der Waals surface area contributed by atoms with Crippen molar-refractivity contribution in [1.29, 1.82) is 5.26 Å². The van der Waals surface area contributed by atoms with Crippen LogP contribution in [0.25, 0.3) is 11.5 Å². The maximum absolute atomic E-state index is 10.6. The summed E-state index contributed by atoms with van der Waals surface area (Å²) in [5.74, 6) is 0.883. The Morgan fingerprint density at radius 1 is 1.19 bits per heavy atom. The first-order valence-corrected chi connectivity index (χ1v) is 8.87. The molecule has 1 amide bonds. The summed E-state index contributed by atoms with van der Waals surface area (Å²) in [6.45, 7) is 0. The smallest absolute Gasteiger partial charge is 0.257 e. The van der Waals surface area contributed by atoms with Crippen molar-refractivity contribution >= 4 is 35.3 Å². The van der Waals surface area contributed by atoms with Gasteiger partial charge in [-0.3, -0.25) is 4.79 Å². The SMILES string of the molecule is N#Cc1ccc(-c2nc(C3(c4c(Cl)cc(NC=O)cc4Cl)CC3)no2)cc1. The van der Waals surface area contributed by atoms with Crippen molar-refractivity contribution < 1.29 is 9.32 Å². The van der Waals surface area contributed by atoms with E-state index >= 15 is 0 Å². The number of carbonyl (C=O) groups is 1. The highest BCUT2D eigenvalue weighted by molar-refractivity contribution is 6.37.